The first-order chi connectivity index (χ1) is 10.9. The van der Waals surface area contributed by atoms with E-state index in [1.165, 1.54) is 18.2 Å². The standard InChI is InChI=1S/C14H16F2N2O4S/c15-13(16)22-10-3-4-11-12(8-10)18-14(17-11)23(19,20)7-5-9-2-1-6-21-9/h3-4,8-9,13H,1-2,5-7H2,(H,17,18). The lowest BCUT2D eigenvalue weighted by molar-refractivity contribution is -0.0497. The number of hydrogen-bond donors (Lipinski definition) is 1. The molecule has 1 aliphatic heterocycles. The summed E-state index contributed by atoms with van der Waals surface area (Å²) in [5, 5.41) is -0.167. The highest BCUT2D eigenvalue weighted by Crippen LogP contribution is 2.23. The Labute approximate surface area is 131 Å². The summed E-state index contributed by atoms with van der Waals surface area (Å²) >= 11 is 0. The number of ether oxygens (including phenoxy) is 2. The quantitative estimate of drug-likeness (QED) is 0.869. The second kappa shape index (κ2) is 6.40. The smallest absolute Gasteiger partial charge is 0.387 e. The molecule has 2 aromatic rings. The van der Waals surface area contributed by atoms with Crippen LogP contribution in [0.25, 0.3) is 11.0 Å². The number of sulfone groups is 1. The van der Waals surface area contributed by atoms with Crippen LogP contribution in [0.4, 0.5) is 8.78 Å². The Morgan fingerprint density at radius 3 is 2.96 bits per heavy atom. The van der Waals surface area contributed by atoms with Crippen LogP contribution < -0.4 is 4.74 Å². The molecule has 1 aromatic carbocycles. The molecule has 1 N–H and O–H groups in total. The zero-order valence-electron chi connectivity index (χ0n) is 12.2. The van der Waals surface area contributed by atoms with Crippen LogP contribution in [0.1, 0.15) is 19.3 Å². The van der Waals surface area contributed by atoms with Gasteiger partial charge in [-0.2, -0.15) is 8.78 Å². The predicted molar refractivity (Wildman–Crippen MR) is 78.4 cm³/mol. The Kier molecular flexibility index (Phi) is 4.49. The number of hydrogen-bond acceptors (Lipinski definition) is 5. The van der Waals surface area contributed by atoms with Crippen molar-refractivity contribution >= 4 is 20.9 Å². The monoisotopic (exact) mass is 346 g/mol. The fraction of sp³-hybridized carbons (Fsp3) is 0.500. The van der Waals surface area contributed by atoms with Crippen molar-refractivity contribution in [3.8, 4) is 5.75 Å². The van der Waals surface area contributed by atoms with Crippen LogP contribution in [-0.4, -0.2) is 43.5 Å². The van der Waals surface area contributed by atoms with Gasteiger partial charge in [0.15, 0.2) is 0 Å². The van der Waals surface area contributed by atoms with E-state index in [9.17, 15) is 17.2 Å². The summed E-state index contributed by atoms with van der Waals surface area (Å²) in [6.07, 6.45) is 2.20. The normalized spacial score (nSPS) is 18.8. The third-order valence-electron chi connectivity index (χ3n) is 3.68. The van der Waals surface area contributed by atoms with Gasteiger partial charge in [0.25, 0.3) is 0 Å². The molecular weight excluding hydrogens is 330 g/mol. The minimum absolute atomic E-state index is 0.0276. The van der Waals surface area contributed by atoms with E-state index in [4.69, 9.17) is 4.74 Å². The summed E-state index contributed by atoms with van der Waals surface area (Å²) < 4.78 is 58.8. The minimum atomic E-state index is -3.58. The van der Waals surface area contributed by atoms with E-state index in [0.29, 0.717) is 24.1 Å². The van der Waals surface area contributed by atoms with E-state index in [2.05, 4.69) is 14.7 Å². The largest absolute Gasteiger partial charge is 0.435 e. The molecule has 1 unspecified atom stereocenters. The van der Waals surface area contributed by atoms with Crippen LogP contribution in [-0.2, 0) is 14.6 Å². The lowest BCUT2D eigenvalue weighted by atomic mass is 10.2. The van der Waals surface area contributed by atoms with Gasteiger partial charge in [-0.1, -0.05) is 0 Å². The van der Waals surface area contributed by atoms with Crippen molar-refractivity contribution in [2.75, 3.05) is 12.4 Å². The van der Waals surface area contributed by atoms with E-state index >= 15 is 0 Å². The zero-order valence-corrected chi connectivity index (χ0v) is 13.0. The Hall–Kier alpha value is -1.74. The van der Waals surface area contributed by atoms with Gasteiger partial charge in [-0.25, -0.2) is 13.4 Å². The maximum Gasteiger partial charge on any atom is 0.387 e. The number of aromatic amines is 1. The number of nitrogens with one attached hydrogen (secondary N) is 1. The SMILES string of the molecule is O=S(=O)(CCC1CCCO1)c1nc2ccc(OC(F)F)cc2[nH]1. The van der Waals surface area contributed by atoms with Crippen molar-refractivity contribution in [1.82, 2.24) is 9.97 Å². The predicted octanol–water partition coefficient (Wildman–Crippen LogP) is 2.51. The first kappa shape index (κ1) is 16.1. The van der Waals surface area contributed by atoms with Gasteiger partial charge in [-0.15, -0.1) is 0 Å². The average Bonchev–Trinajstić information content (AvgIpc) is 3.13. The molecular formula is C14H16F2N2O4S. The lowest BCUT2D eigenvalue weighted by Crippen LogP contribution is -2.15. The second-order valence-corrected chi connectivity index (χ2v) is 7.37. The molecule has 1 atom stereocenters. The second-order valence-electron chi connectivity index (χ2n) is 5.34. The number of nitrogens with zero attached hydrogens (tertiary/aromatic N) is 1. The summed E-state index contributed by atoms with van der Waals surface area (Å²) in [6.45, 7) is -2.27. The Morgan fingerprint density at radius 2 is 2.26 bits per heavy atom. The number of benzene rings is 1. The van der Waals surface area contributed by atoms with Crippen molar-refractivity contribution in [1.29, 1.82) is 0 Å². The molecule has 0 saturated carbocycles. The van der Waals surface area contributed by atoms with Crippen molar-refractivity contribution in [3.63, 3.8) is 0 Å². The third-order valence-corrected chi connectivity index (χ3v) is 5.24. The Bertz CT molecular complexity index is 785. The molecule has 1 aliphatic rings. The maximum absolute atomic E-state index is 12.3. The number of alkyl halides is 2. The first-order valence-electron chi connectivity index (χ1n) is 7.23. The van der Waals surface area contributed by atoms with E-state index in [-0.39, 0.29) is 22.8 Å². The summed E-state index contributed by atoms with van der Waals surface area (Å²) in [7, 11) is -3.58. The van der Waals surface area contributed by atoms with Crippen molar-refractivity contribution < 1.29 is 26.7 Å². The molecule has 2 heterocycles. The van der Waals surface area contributed by atoms with Gasteiger partial charge in [-0.3, -0.25) is 0 Å². The Morgan fingerprint density at radius 1 is 1.43 bits per heavy atom. The molecule has 1 saturated heterocycles. The molecule has 9 heteroatoms. The van der Waals surface area contributed by atoms with Crippen LogP contribution in [0, 0.1) is 0 Å². The van der Waals surface area contributed by atoms with E-state index < -0.39 is 16.4 Å². The zero-order chi connectivity index (χ0) is 16.4. The highest BCUT2D eigenvalue weighted by Gasteiger charge is 2.23. The molecule has 0 aliphatic carbocycles. The molecule has 126 valence electrons. The molecule has 0 radical (unpaired) electrons. The average molecular weight is 346 g/mol. The van der Waals surface area contributed by atoms with Gasteiger partial charge in [0.2, 0.25) is 15.0 Å². The maximum atomic E-state index is 12.3. The number of aromatic nitrogens is 2. The first-order valence-corrected chi connectivity index (χ1v) is 8.88. The van der Waals surface area contributed by atoms with E-state index in [0.717, 1.165) is 12.8 Å². The summed E-state index contributed by atoms with van der Waals surface area (Å²) in [6, 6.07) is 4.05. The van der Waals surface area contributed by atoms with E-state index in [1.54, 1.807) is 0 Å². The summed E-state index contributed by atoms with van der Waals surface area (Å²) in [5.74, 6) is -0.128. The number of imidazole rings is 1. The Balaban J connectivity index is 1.78. The summed E-state index contributed by atoms with van der Waals surface area (Å²) in [4.78, 5) is 6.68. The van der Waals surface area contributed by atoms with Gasteiger partial charge in [0.05, 0.1) is 22.9 Å². The van der Waals surface area contributed by atoms with Gasteiger partial charge in [0.1, 0.15) is 5.75 Å². The van der Waals surface area contributed by atoms with Crippen LogP contribution in [0.3, 0.4) is 0 Å². The van der Waals surface area contributed by atoms with Crippen LogP contribution in [0.5, 0.6) is 5.75 Å². The van der Waals surface area contributed by atoms with Gasteiger partial charge in [-0.05, 0) is 31.4 Å². The molecule has 1 fully saturated rings. The van der Waals surface area contributed by atoms with E-state index in [1.807, 2.05) is 0 Å². The molecule has 0 spiro atoms. The number of rotatable bonds is 6. The number of fused-ring (bicyclic) bond motifs is 1. The van der Waals surface area contributed by atoms with Gasteiger partial charge < -0.3 is 14.5 Å². The highest BCUT2D eigenvalue weighted by molar-refractivity contribution is 7.91. The lowest BCUT2D eigenvalue weighted by Gasteiger charge is -2.07. The van der Waals surface area contributed by atoms with Crippen LogP contribution in [0.15, 0.2) is 23.4 Å². The molecule has 23 heavy (non-hydrogen) atoms. The fourth-order valence-electron chi connectivity index (χ4n) is 2.54. The topological polar surface area (TPSA) is 81.3 Å². The molecule has 0 bridgehead atoms. The van der Waals surface area contributed by atoms with Crippen molar-refractivity contribution in [2.24, 2.45) is 0 Å². The van der Waals surface area contributed by atoms with Crippen molar-refractivity contribution in [2.45, 2.75) is 37.1 Å². The fourth-order valence-corrected chi connectivity index (χ4v) is 3.81. The van der Waals surface area contributed by atoms with Crippen LogP contribution in [0.2, 0.25) is 0 Å². The van der Waals surface area contributed by atoms with Gasteiger partial charge >= 0.3 is 6.61 Å². The summed E-state index contributed by atoms with van der Waals surface area (Å²) in [5.41, 5.74) is 0.709. The minimum Gasteiger partial charge on any atom is -0.435 e. The number of halogens is 2. The molecule has 3 rings (SSSR count). The highest BCUT2D eigenvalue weighted by atomic mass is 32.2. The molecule has 1 aromatic heterocycles. The van der Waals surface area contributed by atoms with Crippen LogP contribution >= 0.6 is 0 Å². The number of H-pyrrole nitrogens is 1. The van der Waals surface area contributed by atoms with Crippen molar-refractivity contribution in [3.05, 3.63) is 18.2 Å². The molecule has 0 amide bonds. The van der Waals surface area contributed by atoms with Gasteiger partial charge in [0, 0.05) is 12.7 Å². The third kappa shape index (κ3) is 3.78. The molecule has 6 nitrogen and oxygen atoms in total.